The Bertz CT molecular complexity index is 700. The van der Waals surface area contributed by atoms with Gasteiger partial charge in [0.15, 0.2) is 4.67 Å². The number of nitrogens with zero attached hydrogens (tertiary/aromatic N) is 4. The second-order valence-corrected chi connectivity index (χ2v) is 4.65. The molecule has 0 unspecified atom stereocenters. The summed E-state index contributed by atoms with van der Waals surface area (Å²) < 4.78 is 0.569. The van der Waals surface area contributed by atoms with Crippen LogP contribution < -0.4 is 21.4 Å². The highest BCUT2D eigenvalue weighted by Crippen LogP contribution is 2.16. The van der Waals surface area contributed by atoms with Crippen LogP contribution in [0.25, 0.3) is 0 Å². The first-order valence-electron chi connectivity index (χ1n) is 5.45. The van der Waals surface area contributed by atoms with Crippen LogP contribution in [0.4, 0.5) is 16.5 Å². The molecule has 20 heavy (non-hydrogen) atoms. The minimum Gasteiger partial charge on any atom is -0.298 e. The lowest BCUT2D eigenvalue weighted by molar-refractivity contribution is -0.384. The van der Waals surface area contributed by atoms with Gasteiger partial charge in [-0.05, 0) is 13.0 Å². The molecule has 0 saturated heterocycles. The largest absolute Gasteiger partial charge is 0.298 e. The van der Waals surface area contributed by atoms with Crippen LogP contribution in [0.1, 0.15) is 5.69 Å². The van der Waals surface area contributed by atoms with Crippen LogP contribution in [-0.4, -0.2) is 15.1 Å². The molecule has 0 radical (unpaired) electrons. The summed E-state index contributed by atoms with van der Waals surface area (Å²) in [7, 11) is 0. The molecule has 0 spiro atoms. The molecule has 9 nitrogen and oxygen atoms in total. The Balaban J connectivity index is 2.29. The van der Waals surface area contributed by atoms with Gasteiger partial charge in [-0.1, -0.05) is 17.4 Å². The Hall–Kier alpha value is -2.59. The van der Waals surface area contributed by atoms with Crippen molar-refractivity contribution in [3.63, 3.8) is 0 Å². The van der Waals surface area contributed by atoms with E-state index in [-0.39, 0.29) is 5.69 Å². The lowest BCUT2D eigenvalue weighted by atomic mass is 10.3. The lowest BCUT2D eigenvalue weighted by Gasteiger charge is -2.01. The third-order valence-electron chi connectivity index (χ3n) is 2.26. The fourth-order valence-corrected chi connectivity index (χ4v) is 1.92. The van der Waals surface area contributed by atoms with Crippen LogP contribution in [-0.2, 0) is 0 Å². The maximum atomic E-state index is 10.7. The van der Waals surface area contributed by atoms with Gasteiger partial charge >= 0.3 is 0 Å². The highest BCUT2D eigenvalue weighted by Gasteiger charge is 2.05. The van der Waals surface area contributed by atoms with Gasteiger partial charge in [-0.25, -0.2) is 5.84 Å². The van der Waals surface area contributed by atoms with Crippen molar-refractivity contribution in [2.75, 3.05) is 10.9 Å². The number of aromatic nitrogens is 2. The average molecular weight is 293 g/mol. The summed E-state index contributed by atoms with van der Waals surface area (Å²) >= 11 is 1.21. The molecule has 1 heterocycles. The monoisotopic (exact) mass is 293 g/mol. The molecule has 0 aliphatic heterocycles. The second-order valence-electron chi connectivity index (χ2n) is 3.67. The van der Waals surface area contributed by atoms with Crippen LogP contribution in [0.15, 0.2) is 29.4 Å². The van der Waals surface area contributed by atoms with Gasteiger partial charge in [-0.15, -0.1) is 10.2 Å². The van der Waals surface area contributed by atoms with Crippen molar-refractivity contribution in [2.45, 2.75) is 6.92 Å². The summed E-state index contributed by atoms with van der Waals surface area (Å²) in [6.07, 6.45) is 0. The fourth-order valence-electron chi connectivity index (χ4n) is 1.32. The van der Waals surface area contributed by atoms with Gasteiger partial charge in [-0.2, -0.15) is 5.10 Å². The molecule has 0 fully saturated rings. The summed E-state index contributed by atoms with van der Waals surface area (Å²) in [5.41, 5.74) is 6.24. The number of rotatable bonds is 4. The zero-order valence-electron chi connectivity index (χ0n) is 10.4. The third kappa shape index (κ3) is 3.24. The standard InChI is InChI=1S/C10H11N7O2S/c1-6-9(20-10(12-11)16-13-6)15-14-7-3-2-4-8(5-7)17(18)19/h2-5,14H,11H2,1H3,(H,12,16)/b15-9-. The van der Waals surface area contributed by atoms with E-state index in [2.05, 4.69) is 26.2 Å². The molecule has 2 rings (SSSR count). The number of nitrogens with one attached hydrogen (secondary N) is 2. The van der Waals surface area contributed by atoms with Crippen molar-refractivity contribution in [1.82, 2.24) is 10.2 Å². The Morgan fingerprint density at radius 2 is 2.25 bits per heavy atom. The molecular weight excluding hydrogens is 282 g/mol. The lowest BCUT2D eigenvalue weighted by Crippen LogP contribution is -2.14. The van der Waals surface area contributed by atoms with Crippen LogP contribution in [0, 0.1) is 17.0 Å². The molecular formula is C10H11N7O2S. The molecule has 0 atom stereocenters. The van der Waals surface area contributed by atoms with Crippen molar-refractivity contribution >= 4 is 27.8 Å². The number of benzene rings is 1. The van der Waals surface area contributed by atoms with E-state index in [4.69, 9.17) is 5.84 Å². The molecule has 0 aliphatic carbocycles. The molecule has 104 valence electrons. The number of anilines is 2. The normalized spacial score (nSPS) is 11.2. The molecule has 0 bridgehead atoms. The van der Waals surface area contributed by atoms with Gasteiger partial charge in [0, 0.05) is 12.1 Å². The summed E-state index contributed by atoms with van der Waals surface area (Å²) in [6.45, 7) is 1.75. The SMILES string of the molecule is Cc1nnc(NN)s/c1=N\Nc1cccc([N+](=O)[O-])c1. The highest BCUT2D eigenvalue weighted by molar-refractivity contribution is 7.12. The van der Waals surface area contributed by atoms with Gasteiger partial charge in [0.2, 0.25) is 5.13 Å². The molecule has 1 aromatic heterocycles. The number of hydrogen-bond donors (Lipinski definition) is 3. The van der Waals surface area contributed by atoms with E-state index in [1.54, 1.807) is 19.1 Å². The van der Waals surface area contributed by atoms with Crippen molar-refractivity contribution < 1.29 is 4.92 Å². The maximum Gasteiger partial charge on any atom is 0.271 e. The zero-order chi connectivity index (χ0) is 14.5. The number of nitrogen functional groups attached to an aromatic ring is 1. The summed E-state index contributed by atoms with van der Waals surface area (Å²) in [5.74, 6) is 5.25. The minimum atomic E-state index is -0.469. The second kappa shape index (κ2) is 6.04. The minimum absolute atomic E-state index is 0.0113. The van der Waals surface area contributed by atoms with Gasteiger partial charge in [-0.3, -0.25) is 21.0 Å². The number of nitro groups is 1. The molecule has 4 N–H and O–H groups in total. The first-order chi connectivity index (χ1) is 9.60. The van der Waals surface area contributed by atoms with Crippen molar-refractivity contribution in [2.24, 2.45) is 10.9 Å². The van der Waals surface area contributed by atoms with E-state index in [1.807, 2.05) is 0 Å². The van der Waals surface area contributed by atoms with Gasteiger partial charge in [0.25, 0.3) is 5.69 Å². The van der Waals surface area contributed by atoms with E-state index in [9.17, 15) is 10.1 Å². The number of non-ortho nitro benzene ring substituents is 1. The van der Waals surface area contributed by atoms with Crippen LogP contribution in [0.5, 0.6) is 0 Å². The van der Waals surface area contributed by atoms with Gasteiger partial charge < -0.3 is 0 Å². The summed E-state index contributed by atoms with van der Waals surface area (Å²) in [4.78, 5) is 10.2. The molecule has 0 amide bonds. The van der Waals surface area contributed by atoms with Gasteiger partial charge in [0.1, 0.15) is 0 Å². The van der Waals surface area contributed by atoms with Crippen molar-refractivity contribution in [3.8, 4) is 0 Å². The van der Waals surface area contributed by atoms with Crippen LogP contribution >= 0.6 is 11.3 Å². The van der Waals surface area contributed by atoms with Gasteiger partial charge in [0.05, 0.1) is 16.3 Å². The van der Waals surface area contributed by atoms with E-state index in [1.165, 1.54) is 23.5 Å². The number of nitrogens with two attached hydrogens (primary N) is 1. The summed E-state index contributed by atoms with van der Waals surface area (Å²) in [6, 6.07) is 6.04. The predicted molar refractivity (Wildman–Crippen MR) is 74.7 cm³/mol. The number of hydrazine groups is 1. The van der Waals surface area contributed by atoms with E-state index in [0.29, 0.717) is 21.2 Å². The van der Waals surface area contributed by atoms with E-state index >= 15 is 0 Å². The Labute approximate surface area is 117 Å². The molecule has 0 aliphatic rings. The number of aryl methyl sites for hydroxylation is 1. The Morgan fingerprint density at radius 1 is 1.45 bits per heavy atom. The summed E-state index contributed by atoms with van der Waals surface area (Å²) in [5, 5.41) is 22.9. The van der Waals surface area contributed by atoms with E-state index < -0.39 is 4.92 Å². The first-order valence-corrected chi connectivity index (χ1v) is 6.27. The van der Waals surface area contributed by atoms with Crippen LogP contribution in [0.3, 0.4) is 0 Å². The molecule has 10 heteroatoms. The maximum absolute atomic E-state index is 10.7. The predicted octanol–water partition coefficient (Wildman–Crippen LogP) is 0.968. The molecule has 1 aromatic carbocycles. The zero-order valence-corrected chi connectivity index (χ0v) is 11.2. The Morgan fingerprint density at radius 3 is 2.95 bits per heavy atom. The quantitative estimate of drug-likeness (QED) is 0.434. The highest BCUT2D eigenvalue weighted by atomic mass is 32.1. The third-order valence-corrected chi connectivity index (χ3v) is 3.23. The van der Waals surface area contributed by atoms with Crippen LogP contribution in [0.2, 0.25) is 0 Å². The number of nitro benzene ring substituents is 1. The smallest absolute Gasteiger partial charge is 0.271 e. The average Bonchev–Trinajstić information content (AvgIpc) is 2.46. The fraction of sp³-hybridized carbons (Fsp3) is 0.100. The number of hydrogen-bond acceptors (Lipinski definition) is 9. The molecule has 0 saturated carbocycles. The first kappa shape index (κ1) is 13.8. The Kier molecular flexibility index (Phi) is 4.17. The van der Waals surface area contributed by atoms with Crippen molar-refractivity contribution in [1.29, 1.82) is 0 Å². The molecule has 2 aromatic rings. The van der Waals surface area contributed by atoms with Crippen molar-refractivity contribution in [3.05, 3.63) is 44.7 Å². The topological polar surface area (TPSA) is 131 Å². The van der Waals surface area contributed by atoms with E-state index in [0.717, 1.165) is 0 Å².